The van der Waals surface area contributed by atoms with E-state index < -0.39 is 6.03 Å². The molecule has 1 unspecified atom stereocenters. The number of aromatic amines is 1. The molecule has 4 aromatic rings. The van der Waals surface area contributed by atoms with Crippen molar-refractivity contribution in [1.29, 1.82) is 0 Å². The topological polar surface area (TPSA) is 89.8 Å². The van der Waals surface area contributed by atoms with Crippen LogP contribution in [-0.4, -0.2) is 37.2 Å². The third-order valence-corrected chi connectivity index (χ3v) is 6.29. The Hall–Kier alpha value is -4.13. The predicted octanol–water partition coefficient (Wildman–Crippen LogP) is 4.84. The van der Waals surface area contributed by atoms with Gasteiger partial charge in [0.25, 0.3) is 0 Å². The maximum Gasteiger partial charge on any atom is 0.315 e. The summed E-state index contributed by atoms with van der Waals surface area (Å²) in [5, 5.41) is 1.08. The highest BCUT2D eigenvalue weighted by molar-refractivity contribution is 5.86. The van der Waals surface area contributed by atoms with Gasteiger partial charge in [0.1, 0.15) is 0 Å². The van der Waals surface area contributed by atoms with Crippen LogP contribution < -0.4 is 19.9 Å². The van der Waals surface area contributed by atoms with Gasteiger partial charge in [0.05, 0.1) is 27.4 Å². The fourth-order valence-corrected chi connectivity index (χ4v) is 4.74. The third kappa shape index (κ3) is 3.33. The number of rotatable bonds is 5. The van der Waals surface area contributed by atoms with Gasteiger partial charge in [0.2, 0.25) is 5.75 Å². The number of ether oxygens (including phenoxy) is 3. The minimum Gasteiger partial charge on any atom is -0.493 e. The Kier molecular flexibility index (Phi) is 5.09. The summed E-state index contributed by atoms with van der Waals surface area (Å²) in [7, 11) is 4.78. The first-order valence-corrected chi connectivity index (χ1v) is 10.6. The molecule has 5 rings (SSSR count). The number of benzene rings is 3. The number of para-hydroxylation sites is 1. The fraction of sp³-hybridized carbons (Fsp3) is 0.192. The Morgan fingerprint density at radius 3 is 2.33 bits per heavy atom. The fourth-order valence-electron chi connectivity index (χ4n) is 4.74. The molecule has 2 heterocycles. The molecule has 0 aliphatic carbocycles. The second-order valence-corrected chi connectivity index (χ2v) is 7.99. The molecule has 33 heavy (non-hydrogen) atoms. The second-order valence-electron chi connectivity index (χ2n) is 7.99. The molecule has 1 aliphatic rings. The summed E-state index contributed by atoms with van der Waals surface area (Å²) < 4.78 is 16.5. The molecule has 1 aliphatic heterocycles. The number of carbonyl (C=O) groups is 1. The number of nitrogens with zero attached hydrogens (tertiary/aromatic N) is 1. The van der Waals surface area contributed by atoms with Crippen molar-refractivity contribution in [3.63, 3.8) is 0 Å². The molecule has 2 amide bonds. The molecular weight excluding hydrogens is 418 g/mol. The molecule has 7 nitrogen and oxygen atoms in total. The zero-order chi connectivity index (χ0) is 23.1. The molecule has 0 radical (unpaired) electrons. The van der Waals surface area contributed by atoms with Gasteiger partial charge in [-0.1, -0.05) is 30.3 Å². The third-order valence-electron chi connectivity index (χ3n) is 6.29. The molecule has 0 fully saturated rings. The summed E-state index contributed by atoms with van der Waals surface area (Å²) in [5.74, 6) is 1.72. The van der Waals surface area contributed by atoms with Crippen molar-refractivity contribution < 1.29 is 19.0 Å². The van der Waals surface area contributed by atoms with E-state index in [1.54, 1.807) is 26.2 Å². The zero-order valence-corrected chi connectivity index (χ0v) is 18.7. The van der Waals surface area contributed by atoms with Gasteiger partial charge < -0.3 is 29.8 Å². The molecule has 0 saturated carbocycles. The highest BCUT2D eigenvalue weighted by atomic mass is 16.5. The Morgan fingerprint density at radius 1 is 0.939 bits per heavy atom. The first kappa shape index (κ1) is 20.8. The van der Waals surface area contributed by atoms with Gasteiger partial charge in [-0.2, -0.15) is 0 Å². The summed E-state index contributed by atoms with van der Waals surface area (Å²) >= 11 is 0. The summed E-state index contributed by atoms with van der Waals surface area (Å²) in [5.41, 5.74) is 11.9. The number of fused-ring (bicyclic) bond motifs is 2. The van der Waals surface area contributed by atoms with Gasteiger partial charge in [-0.25, -0.2) is 4.79 Å². The van der Waals surface area contributed by atoms with Crippen molar-refractivity contribution in [2.45, 2.75) is 12.6 Å². The van der Waals surface area contributed by atoms with Crippen molar-refractivity contribution in [1.82, 2.24) is 9.88 Å². The Morgan fingerprint density at radius 2 is 1.67 bits per heavy atom. The van der Waals surface area contributed by atoms with E-state index in [0.717, 1.165) is 38.7 Å². The number of primary amides is 1. The largest absolute Gasteiger partial charge is 0.493 e. The minimum absolute atomic E-state index is 0.248. The van der Waals surface area contributed by atoms with Crippen LogP contribution in [0, 0.1) is 0 Å². The maximum absolute atomic E-state index is 12.4. The first-order chi connectivity index (χ1) is 16.0. The van der Waals surface area contributed by atoms with Crippen LogP contribution in [0.5, 0.6) is 17.2 Å². The minimum atomic E-state index is -0.448. The predicted molar refractivity (Wildman–Crippen MR) is 127 cm³/mol. The van der Waals surface area contributed by atoms with Crippen LogP contribution in [0.3, 0.4) is 0 Å². The molecule has 168 valence electrons. The number of amides is 2. The number of nitrogens with two attached hydrogens (primary N) is 1. The van der Waals surface area contributed by atoms with Gasteiger partial charge >= 0.3 is 6.03 Å². The lowest BCUT2D eigenvalue weighted by Crippen LogP contribution is -2.34. The van der Waals surface area contributed by atoms with E-state index in [0.29, 0.717) is 23.8 Å². The number of hydrogen-bond acceptors (Lipinski definition) is 4. The van der Waals surface area contributed by atoms with Gasteiger partial charge in [0.15, 0.2) is 11.5 Å². The van der Waals surface area contributed by atoms with Gasteiger partial charge in [-0.05, 0) is 46.5 Å². The first-order valence-electron chi connectivity index (χ1n) is 10.6. The molecule has 0 bridgehead atoms. The maximum atomic E-state index is 12.4. The SMILES string of the molecule is COc1cc(-c2ccc3c(c2)CN(C(N)=O)C3c2c[nH]c3ccccc23)cc(OC)c1OC. The molecule has 0 spiro atoms. The standard InChI is InChI=1S/C26H25N3O4/c1-31-22-11-16(12-23(32-2)25(22)33-3)15-8-9-18-17(10-15)14-29(26(27)30)24(18)20-13-28-21-7-5-4-6-19(20)21/h4-13,24,28H,14H2,1-3H3,(H2,27,30). The normalized spacial score (nSPS) is 14.9. The van der Waals surface area contributed by atoms with Crippen molar-refractivity contribution in [3.8, 4) is 28.4 Å². The number of urea groups is 1. The van der Waals surface area contributed by atoms with E-state index in [1.165, 1.54) is 0 Å². The van der Waals surface area contributed by atoms with E-state index in [1.807, 2.05) is 42.6 Å². The van der Waals surface area contributed by atoms with E-state index in [4.69, 9.17) is 19.9 Å². The molecular formula is C26H25N3O4. The lowest BCUT2D eigenvalue weighted by atomic mass is 9.94. The van der Waals surface area contributed by atoms with Crippen LogP contribution in [0.1, 0.15) is 22.7 Å². The van der Waals surface area contributed by atoms with Crippen LogP contribution in [0.15, 0.2) is 60.8 Å². The van der Waals surface area contributed by atoms with Crippen molar-refractivity contribution >= 4 is 16.9 Å². The number of hydrogen-bond donors (Lipinski definition) is 2. The Labute approximate surface area is 191 Å². The second kappa shape index (κ2) is 8.09. The van der Waals surface area contributed by atoms with E-state index >= 15 is 0 Å². The van der Waals surface area contributed by atoms with Crippen molar-refractivity contribution in [2.24, 2.45) is 5.73 Å². The average Bonchev–Trinajstić information content (AvgIpc) is 3.43. The summed E-state index contributed by atoms with van der Waals surface area (Å²) in [4.78, 5) is 17.4. The van der Waals surface area contributed by atoms with Crippen LogP contribution in [0.4, 0.5) is 4.79 Å². The van der Waals surface area contributed by atoms with Crippen molar-refractivity contribution in [2.75, 3.05) is 21.3 Å². The smallest absolute Gasteiger partial charge is 0.315 e. The number of H-pyrrole nitrogens is 1. The van der Waals surface area contributed by atoms with Gasteiger partial charge in [-0.15, -0.1) is 0 Å². The Bertz CT molecular complexity index is 1340. The molecule has 3 N–H and O–H groups in total. The quantitative estimate of drug-likeness (QED) is 0.462. The highest BCUT2D eigenvalue weighted by Crippen LogP contribution is 2.44. The van der Waals surface area contributed by atoms with Crippen LogP contribution in [0.2, 0.25) is 0 Å². The lowest BCUT2D eigenvalue weighted by molar-refractivity contribution is 0.199. The lowest BCUT2D eigenvalue weighted by Gasteiger charge is -2.23. The molecule has 0 saturated heterocycles. The van der Waals surface area contributed by atoms with E-state index in [2.05, 4.69) is 23.2 Å². The molecule has 7 heteroatoms. The summed E-state index contributed by atoms with van der Waals surface area (Å²) in [6.07, 6.45) is 1.97. The zero-order valence-electron chi connectivity index (χ0n) is 18.7. The van der Waals surface area contributed by atoms with Crippen LogP contribution >= 0.6 is 0 Å². The monoisotopic (exact) mass is 443 g/mol. The van der Waals surface area contributed by atoms with Crippen molar-refractivity contribution in [3.05, 3.63) is 77.5 Å². The summed E-state index contributed by atoms with van der Waals surface area (Å²) in [6, 6.07) is 17.4. The average molecular weight is 444 g/mol. The number of methoxy groups -OCH3 is 3. The number of nitrogens with one attached hydrogen (secondary N) is 1. The number of aromatic nitrogens is 1. The number of carbonyl (C=O) groups excluding carboxylic acids is 1. The van der Waals surface area contributed by atoms with Crippen LogP contribution in [-0.2, 0) is 6.54 Å². The molecule has 1 aromatic heterocycles. The Balaban J connectivity index is 1.62. The van der Waals surface area contributed by atoms with E-state index in [-0.39, 0.29) is 6.04 Å². The van der Waals surface area contributed by atoms with Crippen LogP contribution in [0.25, 0.3) is 22.0 Å². The van der Waals surface area contributed by atoms with Gasteiger partial charge in [-0.3, -0.25) is 0 Å². The van der Waals surface area contributed by atoms with Gasteiger partial charge in [0, 0.05) is 29.2 Å². The van der Waals surface area contributed by atoms with E-state index in [9.17, 15) is 4.79 Å². The molecule has 3 aromatic carbocycles. The molecule has 1 atom stereocenters. The highest BCUT2D eigenvalue weighted by Gasteiger charge is 2.35. The summed E-state index contributed by atoms with van der Waals surface area (Å²) in [6.45, 7) is 0.438.